The molecule has 0 saturated carbocycles. The van der Waals surface area contributed by atoms with Crippen molar-refractivity contribution in [2.24, 2.45) is 0 Å². The molecule has 1 heterocycles. The molecular formula is C15H19F2NO. The first kappa shape index (κ1) is 14.0. The van der Waals surface area contributed by atoms with E-state index in [-0.39, 0.29) is 23.6 Å². The van der Waals surface area contributed by atoms with Gasteiger partial charge in [0.1, 0.15) is 0 Å². The van der Waals surface area contributed by atoms with E-state index < -0.39 is 11.6 Å². The van der Waals surface area contributed by atoms with Gasteiger partial charge in [-0.25, -0.2) is 8.78 Å². The first-order chi connectivity index (χ1) is 8.91. The van der Waals surface area contributed by atoms with Gasteiger partial charge in [0.05, 0.1) is 0 Å². The lowest BCUT2D eigenvalue weighted by Crippen LogP contribution is -2.47. The smallest absolute Gasteiger partial charge is 0.254 e. The minimum atomic E-state index is -0.966. The Balaban J connectivity index is 2.35. The summed E-state index contributed by atoms with van der Waals surface area (Å²) in [7, 11) is 0. The molecule has 104 valence electrons. The predicted octanol–water partition coefficient (Wildman–Crippen LogP) is 3.68. The van der Waals surface area contributed by atoms with Crippen LogP contribution in [0.15, 0.2) is 12.1 Å². The Kier molecular flexibility index (Phi) is 3.88. The number of carbonyl (C=O) groups is 1. The first-order valence-corrected chi connectivity index (χ1v) is 6.70. The van der Waals surface area contributed by atoms with Crippen molar-refractivity contribution < 1.29 is 13.6 Å². The number of likely N-dealkylation sites (tertiary alicyclic amines) is 1. The van der Waals surface area contributed by atoms with Crippen molar-refractivity contribution >= 4 is 5.91 Å². The minimum absolute atomic E-state index is 0.142. The van der Waals surface area contributed by atoms with Gasteiger partial charge in [0.2, 0.25) is 0 Å². The predicted molar refractivity (Wildman–Crippen MR) is 70.0 cm³/mol. The minimum Gasteiger partial charge on any atom is -0.333 e. The lowest BCUT2D eigenvalue weighted by molar-refractivity contribution is 0.0509. The number of nitrogens with zero attached hydrogens (tertiary/aromatic N) is 1. The monoisotopic (exact) mass is 267 g/mol. The molecule has 2 rings (SSSR count). The van der Waals surface area contributed by atoms with Gasteiger partial charge in [-0.2, -0.15) is 0 Å². The number of rotatable bonds is 1. The number of aryl methyl sites for hydroxylation is 1. The molecule has 1 amide bonds. The van der Waals surface area contributed by atoms with Crippen molar-refractivity contribution in [3.8, 4) is 0 Å². The van der Waals surface area contributed by atoms with Crippen LogP contribution in [0.25, 0.3) is 0 Å². The molecule has 1 fully saturated rings. The second-order valence-corrected chi connectivity index (χ2v) is 5.42. The molecule has 1 aliphatic heterocycles. The number of amides is 1. The molecule has 0 bridgehead atoms. The molecule has 1 aliphatic rings. The van der Waals surface area contributed by atoms with Gasteiger partial charge < -0.3 is 4.90 Å². The van der Waals surface area contributed by atoms with E-state index in [0.29, 0.717) is 5.56 Å². The fourth-order valence-electron chi connectivity index (χ4n) is 2.84. The van der Waals surface area contributed by atoms with Crippen LogP contribution in [0.1, 0.15) is 49.0 Å². The molecule has 0 radical (unpaired) electrons. The summed E-state index contributed by atoms with van der Waals surface area (Å²) in [6, 6.07) is 2.38. The standard InChI is InChI=1S/C15H19F2NO/c1-9-7-13(16)14(17)8-12(9)15(19)18-10(2)5-4-6-11(18)3/h7-8,10-11H,4-6H2,1-3H3. The van der Waals surface area contributed by atoms with Crippen LogP contribution >= 0.6 is 0 Å². The third-order valence-electron chi connectivity index (χ3n) is 3.93. The summed E-state index contributed by atoms with van der Waals surface area (Å²) in [5.74, 6) is -2.07. The first-order valence-electron chi connectivity index (χ1n) is 6.70. The fourth-order valence-corrected chi connectivity index (χ4v) is 2.84. The fraction of sp³-hybridized carbons (Fsp3) is 0.533. The number of benzene rings is 1. The van der Waals surface area contributed by atoms with Crippen molar-refractivity contribution in [2.45, 2.75) is 52.1 Å². The molecule has 19 heavy (non-hydrogen) atoms. The molecule has 0 aliphatic carbocycles. The van der Waals surface area contributed by atoms with E-state index in [9.17, 15) is 13.6 Å². The van der Waals surface area contributed by atoms with Gasteiger partial charge >= 0.3 is 0 Å². The lowest BCUT2D eigenvalue weighted by atomic mass is 9.95. The molecule has 2 atom stereocenters. The quantitative estimate of drug-likeness (QED) is 0.760. The summed E-state index contributed by atoms with van der Waals surface area (Å²) in [6.45, 7) is 5.64. The van der Waals surface area contributed by atoms with E-state index in [1.807, 2.05) is 13.8 Å². The Morgan fingerprint density at radius 2 is 1.68 bits per heavy atom. The Labute approximate surface area is 112 Å². The van der Waals surface area contributed by atoms with Crippen LogP contribution in [0.4, 0.5) is 8.78 Å². The van der Waals surface area contributed by atoms with E-state index >= 15 is 0 Å². The molecule has 0 spiro atoms. The maximum absolute atomic E-state index is 13.3. The van der Waals surface area contributed by atoms with Crippen molar-refractivity contribution in [1.82, 2.24) is 4.90 Å². The molecule has 2 nitrogen and oxygen atoms in total. The van der Waals surface area contributed by atoms with Crippen molar-refractivity contribution in [1.29, 1.82) is 0 Å². The normalized spacial score (nSPS) is 23.5. The maximum atomic E-state index is 13.3. The van der Waals surface area contributed by atoms with Gasteiger partial charge in [0, 0.05) is 17.6 Å². The van der Waals surface area contributed by atoms with Crippen LogP contribution in [0.5, 0.6) is 0 Å². The maximum Gasteiger partial charge on any atom is 0.254 e. The number of hydrogen-bond donors (Lipinski definition) is 0. The summed E-state index contributed by atoms with van der Waals surface area (Å²) < 4.78 is 26.5. The van der Waals surface area contributed by atoms with E-state index in [4.69, 9.17) is 0 Å². The highest BCUT2D eigenvalue weighted by Crippen LogP contribution is 2.26. The Morgan fingerprint density at radius 3 is 2.26 bits per heavy atom. The zero-order valence-electron chi connectivity index (χ0n) is 11.5. The third-order valence-corrected chi connectivity index (χ3v) is 3.93. The van der Waals surface area contributed by atoms with Gasteiger partial charge in [-0.15, -0.1) is 0 Å². The number of halogens is 2. The molecule has 4 heteroatoms. The Hall–Kier alpha value is -1.45. The number of piperidine rings is 1. The van der Waals surface area contributed by atoms with Crippen molar-refractivity contribution in [3.05, 3.63) is 34.9 Å². The van der Waals surface area contributed by atoms with E-state index in [1.165, 1.54) is 0 Å². The van der Waals surface area contributed by atoms with Crippen LogP contribution in [0, 0.1) is 18.6 Å². The van der Waals surface area contributed by atoms with Crippen LogP contribution in [-0.4, -0.2) is 22.9 Å². The largest absolute Gasteiger partial charge is 0.333 e. The highest BCUT2D eigenvalue weighted by Gasteiger charge is 2.30. The van der Waals surface area contributed by atoms with Gasteiger partial charge in [0.15, 0.2) is 11.6 Å². The summed E-state index contributed by atoms with van der Waals surface area (Å²) >= 11 is 0. The van der Waals surface area contributed by atoms with Crippen LogP contribution in [0.3, 0.4) is 0 Å². The second kappa shape index (κ2) is 5.27. The lowest BCUT2D eigenvalue weighted by Gasteiger charge is -2.39. The highest BCUT2D eigenvalue weighted by atomic mass is 19.2. The zero-order chi connectivity index (χ0) is 14.2. The van der Waals surface area contributed by atoms with E-state index in [1.54, 1.807) is 11.8 Å². The average molecular weight is 267 g/mol. The van der Waals surface area contributed by atoms with Gasteiger partial charge in [-0.3, -0.25) is 4.79 Å². The topological polar surface area (TPSA) is 20.3 Å². The molecule has 1 saturated heterocycles. The second-order valence-electron chi connectivity index (χ2n) is 5.42. The SMILES string of the molecule is Cc1cc(F)c(F)cc1C(=O)N1C(C)CCCC1C. The van der Waals surface area contributed by atoms with E-state index in [2.05, 4.69) is 0 Å². The molecule has 0 N–H and O–H groups in total. The van der Waals surface area contributed by atoms with Crippen LogP contribution in [-0.2, 0) is 0 Å². The van der Waals surface area contributed by atoms with Crippen molar-refractivity contribution in [2.75, 3.05) is 0 Å². The molecular weight excluding hydrogens is 248 g/mol. The van der Waals surface area contributed by atoms with Crippen molar-refractivity contribution in [3.63, 3.8) is 0 Å². The highest BCUT2D eigenvalue weighted by molar-refractivity contribution is 5.96. The van der Waals surface area contributed by atoms with Gasteiger partial charge in [0.25, 0.3) is 5.91 Å². The zero-order valence-corrected chi connectivity index (χ0v) is 11.5. The summed E-state index contributed by atoms with van der Waals surface area (Å²) in [5, 5.41) is 0. The Morgan fingerprint density at radius 1 is 1.16 bits per heavy atom. The molecule has 2 unspecified atom stereocenters. The molecule has 1 aromatic rings. The number of carbonyl (C=O) groups excluding carboxylic acids is 1. The summed E-state index contributed by atoms with van der Waals surface area (Å²) in [5.41, 5.74) is 0.744. The summed E-state index contributed by atoms with van der Waals surface area (Å²) in [6.07, 6.45) is 3.01. The number of hydrogen-bond acceptors (Lipinski definition) is 1. The third kappa shape index (κ3) is 2.62. The summed E-state index contributed by atoms with van der Waals surface area (Å²) in [4.78, 5) is 14.3. The van der Waals surface area contributed by atoms with E-state index in [0.717, 1.165) is 31.4 Å². The van der Waals surface area contributed by atoms with Crippen LogP contribution < -0.4 is 0 Å². The van der Waals surface area contributed by atoms with Crippen LogP contribution in [0.2, 0.25) is 0 Å². The average Bonchev–Trinajstić information content (AvgIpc) is 2.33. The Bertz CT molecular complexity index is 491. The molecule has 1 aromatic carbocycles. The van der Waals surface area contributed by atoms with Gasteiger partial charge in [-0.05, 0) is 57.7 Å². The molecule has 0 aromatic heterocycles. The van der Waals surface area contributed by atoms with Gasteiger partial charge in [-0.1, -0.05) is 0 Å².